The van der Waals surface area contributed by atoms with Crippen molar-refractivity contribution in [2.75, 3.05) is 6.61 Å². The predicted octanol–water partition coefficient (Wildman–Crippen LogP) is 2.27. The summed E-state index contributed by atoms with van der Waals surface area (Å²) in [6.07, 6.45) is 0.339. The molecule has 26 heavy (non-hydrogen) atoms. The summed E-state index contributed by atoms with van der Waals surface area (Å²) in [5, 5.41) is 8.75. The molecular weight excluding hydrogens is 352 g/mol. The Labute approximate surface area is 159 Å². The summed E-state index contributed by atoms with van der Waals surface area (Å²) in [5.74, 6) is -0.00371. The van der Waals surface area contributed by atoms with Crippen molar-refractivity contribution in [2.24, 2.45) is 0 Å². The van der Waals surface area contributed by atoms with Crippen LogP contribution in [0.1, 0.15) is 28.4 Å². The van der Waals surface area contributed by atoms with Crippen LogP contribution in [-0.4, -0.2) is 34.6 Å². The number of carbonyl (C=O) groups excluding carboxylic acids is 2. The van der Waals surface area contributed by atoms with E-state index in [4.69, 9.17) is 9.94 Å². The van der Waals surface area contributed by atoms with Crippen molar-refractivity contribution in [2.45, 2.75) is 25.9 Å². The van der Waals surface area contributed by atoms with Gasteiger partial charge in [0.25, 0.3) is 5.91 Å². The van der Waals surface area contributed by atoms with E-state index in [1.165, 1.54) is 0 Å². The van der Waals surface area contributed by atoms with Crippen LogP contribution in [0.15, 0.2) is 48.5 Å². The van der Waals surface area contributed by atoms with Crippen molar-refractivity contribution in [3.05, 3.63) is 65.2 Å². The molecule has 0 aliphatic carbocycles. The fraction of sp³-hybridized carbons (Fsp3) is 0.263. The maximum absolute atomic E-state index is 12.7. The lowest BCUT2D eigenvalue weighted by Crippen LogP contribution is -2.40. The van der Waals surface area contributed by atoms with Crippen molar-refractivity contribution < 1.29 is 19.5 Å². The minimum absolute atomic E-state index is 0. The lowest BCUT2D eigenvalue weighted by molar-refractivity contribution is -0.133. The molecule has 0 saturated carbocycles. The third-order valence-corrected chi connectivity index (χ3v) is 4.30. The van der Waals surface area contributed by atoms with Crippen LogP contribution in [0.2, 0.25) is 0 Å². The maximum Gasteiger partial charge on any atom is 0.274 e. The largest absolute Gasteiger partial charge is 0.491 e. The molecule has 1 aliphatic heterocycles. The molecule has 0 saturated heterocycles. The Morgan fingerprint density at radius 3 is 2.65 bits per heavy atom. The van der Waals surface area contributed by atoms with E-state index in [0.717, 1.165) is 11.1 Å². The third-order valence-electron chi connectivity index (χ3n) is 4.30. The molecule has 3 rings (SSSR count). The fourth-order valence-electron chi connectivity index (χ4n) is 2.87. The number of hydroxylamine groups is 1. The van der Waals surface area contributed by atoms with Crippen molar-refractivity contribution in [1.29, 1.82) is 0 Å². The number of nitrogens with one attached hydrogen (secondary N) is 1. The number of nitrogens with zero attached hydrogens (tertiary/aromatic N) is 1. The third kappa shape index (κ3) is 4.36. The highest BCUT2D eigenvalue weighted by molar-refractivity contribution is 7.59. The zero-order valence-electron chi connectivity index (χ0n) is 14.4. The topological polar surface area (TPSA) is 78.9 Å². The Balaban J connectivity index is 0.00000243. The molecular formula is C19H22N2O4S. The van der Waals surface area contributed by atoms with Crippen LogP contribution >= 0.6 is 13.5 Å². The smallest absolute Gasteiger partial charge is 0.274 e. The van der Waals surface area contributed by atoms with Crippen LogP contribution in [0.4, 0.5) is 0 Å². The van der Waals surface area contributed by atoms with Crippen molar-refractivity contribution in [1.82, 2.24) is 10.4 Å². The molecule has 138 valence electrons. The summed E-state index contributed by atoms with van der Waals surface area (Å²) in [6.45, 7) is 2.71. The molecule has 0 radical (unpaired) electrons. The van der Waals surface area contributed by atoms with Gasteiger partial charge >= 0.3 is 0 Å². The monoisotopic (exact) mass is 374 g/mol. The first-order valence-electron chi connectivity index (χ1n) is 8.12. The van der Waals surface area contributed by atoms with E-state index in [-0.39, 0.29) is 25.4 Å². The molecule has 0 aromatic heterocycles. The summed E-state index contributed by atoms with van der Waals surface area (Å²) in [4.78, 5) is 26.1. The first-order valence-corrected chi connectivity index (χ1v) is 8.12. The Morgan fingerprint density at radius 1 is 1.23 bits per heavy atom. The zero-order valence-corrected chi connectivity index (χ0v) is 15.4. The van der Waals surface area contributed by atoms with Gasteiger partial charge in [-0.25, -0.2) is 5.48 Å². The number of ether oxygens (including phenoxy) is 1. The van der Waals surface area contributed by atoms with Crippen LogP contribution in [0.25, 0.3) is 0 Å². The fourth-order valence-corrected chi connectivity index (χ4v) is 2.87. The summed E-state index contributed by atoms with van der Waals surface area (Å²) in [5.41, 5.74) is 3.72. The molecule has 0 spiro atoms. The van der Waals surface area contributed by atoms with Crippen LogP contribution in [0, 0.1) is 0 Å². The molecule has 7 heteroatoms. The zero-order chi connectivity index (χ0) is 17.8. The van der Waals surface area contributed by atoms with Crippen LogP contribution in [-0.2, 0) is 17.8 Å². The standard InChI is InChI=1S/C19H20N2O4.H2S/c1-13-12-25-17-10-15(19(23)20-24)7-8-16(17)11-21(13)18(22)9-14-5-3-2-4-6-14;/h2-8,10,13,24H,9,11-12H2,1H3,(H,20,23);1H2/t13-;/m0./s1. The molecule has 0 bridgehead atoms. The second-order valence-corrected chi connectivity index (χ2v) is 6.11. The number of carbonyl (C=O) groups is 2. The maximum atomic E-state index is 12.7. The van der Waals surface area contributed by atoms with Gasteiger partial charge in [0.1, 0.15) is 12.4 Å². The summed E-state index contributed by atoms with van der Waals surface area (Å²) in [6, 6.07) is 14.5. The van der Waals surface area contributed by atoms with E-state index in [0.29, 0.717) is 30.9 Å². The van der Waals surface area contributed by atoms with Gasteiger partial charge in [0, 0.05) is 17.7 Å². The summed E-state index contributed by atoms with van der Waals surface area (Å²) >= 11 is 0. The lowest BCUT2D eigenvalue weighted by Gasteiger charge is -2.26. The first-order chi connectivity index (χ1) is 12.1. The van der Waals surface area contributed by atoms with Crippen molar-refractivity contribution >= 4 is 25.3 Å². The normalized spacial score (nSPS) is 15.8. The molecule has 1 heterocycles. The highest BCUT2D eigenvalue weighted by Gasteiger charge is 2.26. The van der Waals surface area contributed by atoms with E-state index < -0.39 is 5.91 Å². The molecule has 2 N–H and O–H groups in total. The first kappa shape index (κ1) is 19.8. The second kappa shape index (κ2) is 8.73. The Bertz CT molecular complexity index is 782. The molecule has 1 atom stereocenters. The van der Waals surface area contributed by atoms with Crippen LogP contribution < -0.4 is 10.2 Å². The lowest BCUT2D eigenvalue weighted by atomic mass is 10.1. The molecule has 2 aromatic carbocycles. The highest BCUT2D eigenvalue weighted by atomic mass is 32.1. The number of fused-ring (bicyclic) bond motifs is 1. The average molecular weight is 374 g/mol. The molecule has 1 aliphatic rings. The van der Waals surface area contributed by atoms with E-state index in [2.05, 4.69) is 0 Å². The van der Waals surface area contributed by atoms with E-state index in [9.17, 15) is 9.59 Å². The van der Waals surface area contributed by atoms with Gasteiger partial charge < -0.3 is 9.64 Å². The predicted molar refractivity (Wildman–Crippen MR) is 102 cm³/mol. The SMILES string of the molecule is C[C@H]1COc2cc(C(=O)NO)ccc2CN1C(=O)Cc1ccccc1.S. The van der Waals surface area contributed by atoms with Crippen LogP contribution in [0.3, 0.4) is 0 Å². The Morgan fingerprint density at radius 2 is 1.96 bits per heavy atom. The van der Waals surface area contributed by atoms with Gasteiger partial charge in [-0.1, -0.05) is 36.4 Å². The number of rotatable bonds is 3. The minimum atomic E-state index is -0.597. The molecule has 6 nitrogen and oxygen atoms in total. The highest BCUT2D eigenvalue weighted by Crippen LogP contribution is 2.27. The number of hydrogen-bond acceptors (Lipinski definition) is 4. The Hall–Kier alpha value is -2.51. The Kier molecular flexibility index (Phi) is 6.65. The minimum Gasteiger partial charge on any atom is -0.491 e. The van der Waals surface area contributed by atoms with Gasteiger partial charge in [-0.05, 0) is 24.6 Å². The summed E-state index contributed by atoms with van der Waals surface area (Å²) < 4.78 is 5.77. The van der Waals surface area contributed by atoms with Gasteiger partial charge in [0.2, 0.25) is 5.91 Å². The molecule has 2 amide bonds. The van der Waals surface area contributed by atoms with Gasteiger partial charge in [0.05, 0.1) is 12.5 Å². The molecule has 0 unspecified atom stereocenters. The van der Waals surface area contributed by atoms with Gasteiger partial charge in [-0.3, -0.25) is 14.8 Å². The second-order valence-electron chi connectivity index (χ2n) is 6.11. The van der Waals surface area contributed by atoms with E-state index in [1.807, 2.05) is 37.3 Å². The number of benzene rings is 2. The average Bonchev–Trinajstić information content (AvgIpc) is 2.80. The van der Waals surface area contributed by atoms with Crippen LogP contribution in [0.5, 0.6) is 5.75 Å². The number of amides is 2. The van der Waals surface area contributed by atoms with Crippen molar-refractivity contribution in [3.8, 4) is 5.75 Å². The van der Waals surface area contributed by atoms with Crippen molar-refractivity contribution in [3.63, 3.8) is 0 Å². The van der Waals surface area contributed by atoms with E-state index in [1.54, 1.807) is 28.6 Å². The van der Waals surface area contributed by atoms with Gasteiger partial charge in [-0.15, -0.1) is 0 Å². The quantitative estimate of drug-likeness (QED) is 0.638. The molecule has 2 aromatic rings. The summed E-state index contributed by atoms with van der Waals surface area (Å²) in [7, 11) is 0. The van der Waals surface area contributed by atoms with E-state index >= 15 is 0 Å². The van der Waals surface area contributed by atoms with Gasteiger partial charge in [0.15, 0.2) is 0 Å². The van der Waals surface area contributed by atoms with Gasteiger partial charge in [-0.2, -0.15) is 13.5 Å². The number of hydrogen-bond donors (Lipinski definition) is 2. The molecule has 0 fully saturated rings.